The van der Waals surface area contributed by atoms with Crippen molar-refractivity contribution in [1.29, 1.82) is 0 Å². The maximum atomic E-state index is 14.6. The molecule has 3 aromatic heterocycles. The van der Waals surface area contributed by atoms with E-state index in [2.05, 4.69) is 31.0 Å². The predicted octanol–water partition coefficient (Wildman–Crippen LogP) is 4.54. The number of fused-ring (bicyclic) bond motifs is 1. The van der Waals surface area contributed by atoms with E-state index in [1.54, 1.807) is 54.9 Å². The van der Waals surface area contributed by atoms with Gasteiger partial charge in [0.15, 0.2) is 17.3 Å². The molecular formula is C22H13BrFN5O. The fourth-order valence-electron chi connectivity index (χ4n) is 3.22. The van der Waals surface area contributed by atoms with Gasteiger partial charge < -0.3 is 0 Å². The smallest absolute Gasteiger partial charge is 0.268 e. The molecule has 0 aliphatic heterocycles. The van der Waals surface area contributed by atoms with Crippen LogP contribution < -0.4 is 5.56 Å². The molecule has 146 valence electrons. The molecule has 0 aliphatic rings. The molecule has 0 fully saturated rings. The molecule has 0 unspecified atom stereocenters. The molecule has 2 aromatic carbocycles. The molecule has 3 heterocycles. The number of pyridine rings is 1. The number of rotatable bonds is 3. The second-order valence-electron chi connectivity index (χ2n) is 6.53. The molecule has 0 radical (unpaired) electrons. The first-order valence-electron chi connectivity index (χ1n) is 9.06. The highest BCUT2D eigenvalue weighted by Crippen LogP contribution is 2.25. The zero-order chi connectivity index (χ0) is 20.7. The molecule has 5 rings (SSSR count). The molecular weight excluding hydrogens is 449 g/mol. The molecule has 0 saturated carbocycles. The van der Waals surface area contributed by atoms with Gasteiger partial charge in [-0.3, -0.25) is 9.36 Å². The van der Waals surface area contributed by atoms with Crippen LogP contribution in [0.25, 0.3) is 33.9 Å². The van der Waals surface area contributed by atoms with Crippen LogP contribution in [0.15, 0.2) is 88.4 Å². The van der Waals surface area contributed by atoms with Crippen LogP contribution in [0.5, 0.6) is 0 Å². The van der Waals surface area contributed by atoms with Gasteiger partial charge in [-0.15, -0.1) is 5.10 Å². The molecule has 0 amide bonds. The Hall–Kier alpha value is -3.65. The van der Waals surface area contributed by atoms with Gasteiger partial charge in [0.05, 0.1) is 11.3 Å². The van der Waals surface area contributed by atoms with Crippen molar-refractivity contribution in [3.05, 3.63) is 99.8 Å². The highest BCUT2D eigenvalue weighted by Gasteiger charge is 2.19. The van der Waals surface area contributed by atoms with E-state index in [0.29, 0.717) is 16.9 Å². The minimum absolute atomic E-state index is 0.180. The second-order valence-corrected chi connectivity index (χ2v) is 7.45. The van der Waals surface area contributed by atoms with Crippen LogP contribution in [0.1, 0.15) is 0 Å². The summed E-state index contributed by atoms with van der Waals surface area (Å²) in [5.41, 5.74) is 0.660. The highest BCUT2D eigenvalue weighted by molar-refractivity contribution is 9.10. The normalized spacial score (nSPS) is 11.1. The lowest BCUT2D eigenvalue weighted by Crippen LogP contribution is -2.21. The van der Waals surface area contributed by atoms with Crippen LogP contribution in [-0.4, -0.2) is 24.3 Å². The monoisotopic (exact) mass is 461 g/mol. The fraction of sp³-hybridized carbons (Fsp3) is 0. The minimum atomic E-state index is -0.473. The molecule has 30 heavy (non-hydrogen) atoms. The van der Waals surface area contributed by atoms with Crippen LogP contribution in [0.4, 0.5) is 4.39 Å². The fourth-order valence-corrected chi connectivity index (χ4v) is 3.49. The first kappa shape index (κ1) is 18.4. The standard InChI is InChI=1S/C22H13BrFN5O/c23-14-8-10-15(11-9-14)29-21(16-5-1-2-6-18(16)24)26-20-17(22(29)30)13-28(27-20)19-7-3-4-12-25-19/h1-13H. The van der Waals surface area contributed by atoms with Gasteiger partial charge in [-0.05, 0) is 48.5 Å². The van der Waals surface area contributed by atoms with Crippen LogP contribution >= 0.6 is 15.9 Å². The Labute approximate surface area is 178 Å². The van der Waals surface area contributed by atoms with Crippen molar-refractivity contribution in [2.75, 3.05) is 0 Å². The largest absolute Gasteiger partial charge is 0.269 e. The molecule has 6 nitrogen and oxygen atoms in total. The number of nitrogens with zero attached hydrogens (tertiary/aromatic N) is 5. The summed E-state index contributed by atoms with van der Waals surface area (Å²) < 4.78 is 18.4. The molecule has 0 atom stereocenters. The Bertz CT molecular complexity index is 1430. The Balaban J connectivity index is 1.84. The predicted molar refractivity (Wildman–Crippen MR) is 115 cm³/mol. The van der Waals surface area contributed by atoms with Gasteiger partial charge in [0.1, 0.15) is 11.2 Å². The number of hydrogen-bond donors (Lipinski definition) is 0. The van der Waals surface area contributed by atoms with Crippen molar-refractivity contribution in [1.82, 2.24) is 24.3 Å². The molecule has 0 saturated heterocycles. The maximum absolute atomic E-state index is 14.6. The number of hydrogen-bond acceptors (Lipinski definition) is 4. The Kier molecular flexibility index (Phi) is 4.48. The molecule has 0 bridgehead atoms. The molecule has 0 aliphatic carbocycles. The van der Waals surface area contributed by atoms with Gasteiger partial charge in [-0.25, -0.2) is 19.0 Å². The van der Waals surface area contributed by atoms with E-state index in [4.69, 9.17) is 0 Å². The summed E-state index contributed by atoms with van der Waals surface area (Å²) in [5.74, 6) is 0.260. The van der Waals surface area contributed by atoms with Crippen molar-refractivity contribution in [2.24, 2.45) is 0 Å². The first-order chi connectivity index (χ1) is 14.6. The van der Waals surface area contributed by atoms with Crippen LogP contribution in [0.2, 0.25) is 0 Å². The van der Waals surface area contributed by atoms with Crippen molar-refractivity contribution in [2.45, 2.75) is 0 Å². The van der Waals surface area contributed by atoms with Crippen molar-refractivity contribution < 1.29 is 4.39 Å². The quantitative estimate of drug-likeness (QED) is 0.395. The number of benzene rings is 2. The third-order valence-corrected chi connectivity index (χ3v) is 5.16. The van der Waals surface area contributed by atoms with E-state index in [1.807, 2.05) is 18.2 Å². The summed E-state index contributed by atoms with van der Waals surface area (Å²) in [6, 6.07) is 18.8. The summed E-state index contributed by atoms with van der Waals surface area (Å²) >= 11 is 3.40. The van der Waals surface area contributed by atoms with Crippen LogP contribution in [0, 0.1) is 5.82 Å². The van der Waals surface area contributed by atoms with Crippen LogP contribution in [-0.2, 0) is 0 Å². The Morgan fingerprint density at radius 2 is 1.70 bits per heavy atom. The highest BCUT2D eigenvalue weighted by atomic mass is 79.9. The SMILES string of the molecule is O=c1c2cn(-c3ccccn3)nc2nc(-c2ccccc2F)n1-c1ccc(Br)cc1. The van der Waals surface area contributed by atoms with Gasteiger partial charge in [-0.2, -0.15) is 0 Å². The van der Waals surface area contributed by atoms with Gasteiger partial charge >= 0.3 is 0 Å². The summed E-state index contributed by atoms with van der Waals surface area (Å²) in [4.78, 5) is 22.3. The summed E-state index contributed by atoms with van der Waals surface area (Å²) in [7, 11) is 0. The molecule has 0 spiro atoms. The van der Waals surface area contributed by atoms with E-state index in [1.165, 1.54) is 15.3 Å². The molecule has 8 heteroatoms. The lowest BCUT2D eigenvalue weighted by molar-refractivity contribution is 0.629. The first-order valence-corrected chi connectivity index (χ1v) is 9.86. The lowest BCUT2D eigenvalue weighted by atomic mass is 10.1. The van der Waals surface area contributed by atoms with Crippen molar-refractivity contribution in [3.63, 3.8) is 0 Å². The van der Waals surface area contributed by atoms with E-state index < -0.39 is 5.82 Å². The third kappa shape index (κ3) is 3.11. The number of aromatic nitrogens is 5. The van der Waals surface area contributed by atoms with E-state index >= 15 is 0 Å². The van der Waals surface area contributed by atoms with Gasteiger partial charge in [0, 0.05) is 16.9 Å². The summed E-state index contributed by atoms with van der Waals surface area (Å²) in [6.45, 7) is 0. The number of halogens is 2. The van der Waals surface area contributed by atoms with Gasteiger partial charge in [-0.1, -0.05) is 34.1 Å². The lowest BCUT2D eigenvalue weighted by Gasteiger charge is -2.13. The zero-order valence-electron chi connectivity index (χ0n) is 15.4. The zero-order valence-corrected chi connectivity index (χ0v) is 17.0. The average molecular weight is 462 g/mol. The summed E-state index contributed by atoms with van der Waals surface area (Å²) in [5, 5.41) is 4.72. The van der Waals surface area contributed by atoms with Crippen molar-refractivity contribution in [3.8, 4) is 22.9 Å². The average Bonchev–Trinajstić information content (AvgIpc) is 3.20. The van der Waals surface area contributed by atoms with Gasteiger partial charge in [0.2, 0.25) is 0 Å². The van der Waals surface area contributed by atoms with Crippen LogP contribution in [0.3, 0.4) is 0 Å². The minimum Gasteiger partial charge on any atom is -0.268 e. The third-order valence-electron chi connectivity index (χ3n) is 4.64. The second kappa shape index (κ2) is 7.31. The molecule has 5 aromatic rings. The van der Waals surface area contributed by atoms with Crippen molar-refractivity contribution >= 4 is 27.0 Å². The van der Waals surface area contributed by atoms with E-state index in [-0.39, 0.29) is 22.6 Å². The Morgan fingerprint density at radius 3 is 2.43 bits per heavy atom. The van der Waals surface area contributed by atoms with E-state index in [0.717, 1.165) is 4.47 Å². The maximum Gasteiger partial charge on any atom is 0.269 e. The molecule has 0 N–H and O–H groups in total. The van der Waals surface area contributed by atoms with E-state index in [9.17, 15) is 9.18 Å². The van der Waals surface area contributed by atoms with Gasteiger partial charge in [0.25, 0.3) is 5.56 Å². The topological polar surface area (TPSA) is 65.6 Å². The Morgan fingerprint density at radius 1 is 0.933 bits per heavy atom. The summed E-state index contributed by atoms with van der Waals surface area (Å²) in [6.07, 6.45) is 3.23.